The Balaban J connectivity index is 3.36. The molecule has 1 rings (SSSR count). The van der Waals surface area contributed by atoms with Crippen LogP contribution in [0.15, 0.2) is 6.07 Å². The Labute approximate surface area is 119 Å². The van der Waals surface area contributed by atoms with Crippen molar-refractivity contribution in [1.29, 1.82) is 0 Å². The third-order valence-electron chi connectivity index (χ3n) is 3.37. The Kier molecular flexibility index (Phi) is 5.71. The van der Waals surface area contributed by atoms with Gasteiger partial charge in [0.2, 0.25) is 0 Å². The summed E-state index contributed by atoms with van der Waals surface area (Å²) in [6.45, 7) is 15.5. The van der Waals surface area contributed by atoms with E-state index in [2.05, 4.69) is 65.2 Å². The molecule has 108 valence electrons. The number of aryl methyl sites for hydroxylation is 2. The zero-order valence-electron chi connectivity index (χ0n) is 13.6. The van der Waals surface area contributed by atoms with Gasteiger partial charge in [-0.15, -0.1) is 0 Å². The van der Waals surface area contributed by atoms with Crippen LogP contribution in [0.1, 0.15) is 58.2 Å². The predicted octanol–water partition coefficient (Wildman–Crippen LogP) is 4.76. The molecule has 2 heteroatoms. The van der Waals surface area contributed by atoms with E-state index in [0.717, 1.165) is 12.8 Å². The van der Waals surface area contributed by atoms with Crippen molar-refractivity contribution in [2.45, 2.75) is 73.4 Å². The normalized spacial score (nSPS) is 11.2. The molecule has 0 atom stereocenters. The molecular formula is C17H30N2. The second kappa shape index (κ2) is 6.83. The van der Waals surface area contributed by atoms with Crippen LogP contribution >= 0.6 is 0 Å². The number of benzene rings is 1. The van der Waals surface area contributed by atoms with Crippen molar-refractivity contribution in [3.63, 3.8) is 0 Å². The molecule has 19 heavy (non-hydrogen) atoms. The van der Waals surface area contributed by atoms with E-state index in [0.29, 0.717) is 12.1 Å². The maximum absolute atomic E-state index is 3.62. The second-order valence-electron chi connectivity index (χ2n) is 5.87. The quantitative estimate of drug-likeness (QED) is 0.772. The van der Waals surface area contributed by atoms with Crippen LogP contribution < -0.4 is 10.6 Å². The molecule has 0 aliphatic heterocycles. The molecular weight excluding hydrogens is 232 g/mol. The van der Waals surface area contributed by atoms with E-state index in [4.69, 9.17) is 0 Å². The lowest BCUT2D eigenvalue weighted by molar-refractivity contribution is 0.878. The van der Waals surface area contributed by atoms with Crippen LogP contribution in [0.2, 0.25) is 0 Å². The van der Waals surface area contributed by atoms with E-state index in [1.165, 1.54) is 28.1 Å². The summed E-state index contributed by atoms with van der Waals surface area (Å²) in [6.07, 6.45) is 2.15. The van der Waals surface area contributed by atoms with Crippen molar-refractivity contribution in [1.82, 2.24) is 0 Å². The molecule has 2 N–H and O–H groups in total. The first-order valence-electron chi connectivity index (χ1n) is 7.59. The van der Waals surface area contributed by atoms with Crippen LogP contribution in [0.25, 0.3) is 0 Å². The summed E-state index contributed by atoms with van der Waals surface area (Å²) in [4.78, 5) is 0. The molecule has 2 nitrogen and oxygen atoms in total. The average molecular weight is 262 g/mol. The van der Waals surface area contributed by atoms with Crippen molar-refractivity contribution in [3.05, 3.63) is 22.8 Å². The van der Waals surface area contributed by atoms with Crippen molar-refractivity contribution in [2.24, 2.45) is 0 Å². The first-order chi connectivity index (χ1) is 8.90. The first-order valence-corrected chi connectivity index (χ1v) is 7.59. The molecule has 0 amide bonds. The average Bonchev–Trinajstić information content (AvgIpc) is 2.33. The second-order valence-corrected chi connectivity index (χ2v) is 5.87. The topological polar surface area (TPSA) is 24.1 Å². The molecule has 0 aromatic heterocycles. The van der Waals surface area contributed by atoms with Gasteiger partial charge in [0.1, 0.15) is 0 Å². The van der Waals surface area contributed by atoms with Gasteiger partial charge in [0.15, 0.2) is 0 Å². The molecule has 0 heterocycles. The molecule has 0 radical (unpaired) electrons. The summed E-state index contributed by atoms with van der Waals surface area (Å²) in [7, 11) is 0. The minimum Gasteiger partial charge on any atom is -0.382 e. The maximum Gasteiger partial charge on any atom is 0.0425 e. The molecule has 0 bridgehead atoms. The van der Waals surface area contributed by atoms with Crippen LogP contribution in [0.3, 0.4) is 0 Å². The fourth-order valence-corrected chi connectivity index (χ4v) is 2.50. The highest BCUT2D eigenvalue weighted by Gasteiger charge is 2.14. The van der Waals surface area contributed by atoms with Gasteiger partial charge in [0.05, 0.1) is 0 Å². The van der Waals surface area contributed by atoms with Crippen LogP contribution in [-0.4, -0.2) is 12.1 Å². The number of anilines is 2. The number of hydrogen-bond donors (Lipinski definition) is 2. The van der Waals surface area contributed by atoms with Gasteiger partial charge in [-0.2, -0.15) is 0 Å². The largest absolute Gasteiger partial charge is 0.382 e. The highest BCUT2D eigenvalue weighted by Crippen LogP contribution is 2.33. The Morgan fingerprint density at radius 1 is 0.842 bits per heavy atom. The van der Waals surface area contributed by atoms with Crippen molar-refractivity contribution in [3.8, 4) is 0 Å². The van der Waals surface area contributed by atoms with Crippen molar-refractivity contribution < 1.29 is 0 Å². The minimum absolute atomic E-state index is 0.461. The molecule has 0 spiro atoms. The highest BCUT2D eigenvalue weighted by molar-refractivity contribution is 5.72. The van der Waals surface area contributed by atoms with E-state index in [-0.39, 0.29) is 0 Å². The standard InChI is InChI=1S/C17H30N2/c1-8-14-10-15(9-2)17(19-12(5)6)13(7)16(14)18-11(3)4/h10-12,18-19H,8-9H2,1-7H3. The summed E-state index contributed by atoms with van der Waals surface area (Å²) >= 11 is 0. The Morgan fingerprint density at radius 2 is 1.21 bits per heavy atom. The van der Waals surface area contributed by atoms with Gasteiger partial charge >= 0.3 is 0 Å². The molecule has 0 aliphatic rings. The molecule has 0 saturated carbocycles. The Morgan fingerprint density at radius 3 is 1.47 bits per heavy atom. The third kappa shape index (κ3) is 3.89. The highest BCUT2D eigenvalue weighted by atomic mass is 14.9. The monoisotopic (exact) mass is 262 g/mol. The lowest BCUT2D eigenvalue weighted by atomic mass is 9.96. The van der Waals surface area contributed by atoms with E-state index in [1.54, 1.807) is 0 Å². The van der Waals surface area contributed by atoms with Crippen LogP contribution in [-0.2, 0) is 12.8 Å². The van der Waals surface area contributed by atoms with Gasteiger partial charge in [0, 0.05) is 23.5 Å². The van der Waals surface area contributed by atoms with Gasteiger partial charge in [-0.05, 0) is 64.2 Å². The zero-order chi connectivity index (χ0) is 14.6. The van der Waals surface area contributed by atoms with E-state index in [1.807, 2.05) is 0 Å². The van der Waals surface area contributed by atoms with Crippen LogP contribution in [0.5, 0.6) is 0 Å². The number of rotatable bonds is 6. The summed E-state index contributed by atoms with van der Waals surface area (Å²) in [6, 6.07) is 3.29. The molecule has 0 saturated heterocycles. The van der Waals surface area contributed by atoms with Crippen LogP contribution in [0, 0.1) is 6.92 Å². The number of hydrogen-bond acceptors (Lipinski definition) is 2. The zero-order valence-corrected chi connectivity index (χ0v) is 13.6. The minimum atomic E-state index is 0.461. The molecule has 0 aliphatic carbocycles. The van der Waals surface area contributed by atoms with E-state index < -0.39 is 0 Å². The van der Waals surface area contributed by atoms with Crippen LogP contribution in [0.4, 0.5) is 11.4 Å². The molecule has 0 fully saturated rings. The van der Waals surface area contributed by atoms with Gasteiger partial charge in [-0.1, -0.05) is 19.9 Å². The molecule has 1 aromatic rings. The molecule has 0 unspecified atom stereocenters. The fourth-order valence-electron chi connectivity index (χ4n) is 2.50. The smallest absolute Gasteiger partial charge is 0.0425 e. The van der Waals surface area contributed by atoms with Gasteiger partial charge in [-0.3, -0.25) is 0 Å². The van der Waals surface area contributed by atoms with Crippen molar-refractivity contribution >= 4 is 11.4 Å². The maximum atomic E-state index is 3.62. The van der Waals surface area contributed by atoms with E-state index >= 15 is 0 Å². The van der Waals surface area contributed by atoms with Gasteiger partial charge < -0.3 is 10.6 Å². The fraction of sp³-hybridized carbons (Fsp3) is 0.647. The predicted molar refractivity (Wildman–Crippen MR) is 87.5 cm³/mol. The third-order valence-corrected chi connectivity index (χ3v) is 3.37. The SMILES string of the molecule is CCc1cc(CC)c(NC(C)C)c(C)c1NC(C)C. The van der Waals surface area contributed by atoms with E-state index in [9.17, 15) is 0 Å². The lowest BCUT2D eigenvalue weighted by Gasteiger charge is -2.24. The number of nitrogens with one attached hydrogen (secondary N) is 2. The molecule has 1 aromatic carbocycles. The Bertz CT molecular complexity index is 384. The lowest BCUT2D eigenvalue weighted by Crippen LogP contribution is -2.17. The first kappa shape index (κ1) is 15.9. The summed E-state index contributed by atoms with van der Waals surface area (Å²) in [5, 5.41) is 7.24. The van der Waals surface area contributed by atoms with Crippen molar-refractivity contribution in [2.75, 3.05) is 10.6 Å². The summed E-state index contributed by atoms with van der Waals surface area (Å²) in [5.74, 6) is 0. The van der Waals surface area contributed by atoms with Gasteiger partial charge in [0.25, 0.3) is 0 Å². The summed E-state index contributed by atoms with van der Waals surface area (Å²) < 4.78 is 0. The Hall–Kier alpha value is -1.18. The summed E-state index contributed by atoms with van der Waals surface area (Å²) in [5.41, 5.74) is 6.85. The van der Waals surface area contributed by atoms with Gasteiger partial charge in [-0.25, -0.2) is 0 Å².